The number of ether oxygens (including phenoxy) is 1. The summed E-state index contributed by atoms with van der Waals surface area (Å²) in [4.78, 5) is 24.9. The van der Waals surface area contributed by atoms with Gasteiger partial charge in [0.15, 0.2) is 0 Å². The Morgan fingerprint density at radius 1 is 1.20 bits per heavy atom. The van der Waals surface area contributed by atoms with Gasteiger partial charge in [-0.1, -0.05) is 50.1 Å². The first-order chi connectivity index (χ1) is 11.8. The summed E-state index contributed by atoms with van der Waals surface area (Å²) in [7, 11) is 0. The average molecular weight is 349 g/mol. The van der Waals surface area contributed by atoms with E-state index in [1.807, 2.05) is 37.3 Å². The van der Waals surface area contributed by atoms with Crippen LogP contribution in [0.3, 0.4) is 0 Å². The van der Waals surface area contributed by atoms with Gasteiger partial charge in [-0.3, -0.25) is 4.79 Å². The van der Waals surface area contributed by atoms with Gasteiger partial charge in [-0.05, 0) is 39.2 Å². The Labute approximate surface area is 150 Å². The Morgan fingerprint density at radius 2 is 1.84 bits per heavy atom. The van der Waals surface area contributed by atoms with Crippen molar-refractivity contribution in [3.8, 4) is 0 Å². The fraction of sp³-hybridized carbons (Fsp3) is 0.600. The Hall–Kier alpha value is -1.88. The zero-order valence-electron chi connectivity index (χ0n) is 15.7. The van der Waals surface area contributed by atoms with Gasteiger partial charge in [-0.2, -0.15) is 0 Å². The van der Waals surface area contributed by atoms with Crippen molar-refractivity contribution in [1.82, 2.24) is 5.32 Å². The van der Waals surface area contributed by atoms with Crippen LogP contribution < -0.4 is 5.32 Å². The molecule has 0 bridgehead atoms. The molecule has 0 heterocycles. The molecule has 1 rings (SSSR count). The largest absolute Gasteiger partial charge is 0.458 e. The van der Waals surface area contributed by atoms with E-state index in [0.29, 0.717) is 12.8 Å². The maximum Gasteiger partial charge on any atom is 0.329 e. The zero-order chi connectivity index (χ0) is 18.9. The van der Waals surface area contributed by atoms with E-state index in [1.165, 1.54) is 0 Å². The van der Waals surface area contributed by atoms with Crippen molar-refractivity contribution >= 4 is 11.9 Å². The minimum absolute atomic E-state index is 0.268. The summed E-state index contributed by atoms with van der Waals surface area (Å²) < 4.78 is 5.41. The molecule has 0 aliphatic rings. The molecule has 0 aliphatic heterocycles. The minimum Gasteiger partial charge on any atom is -0.458 e. The highest BCUT2D eigenvalue weighted by Gasteiger charge is 2.28. The summed E-state index contributed by atoms with van der Waals surface area (Å²) in [6.07, 6.45) is 2.69. The number of carbonyl (C=O) groups is 2. The molecular formula is C20H31NO4. The van der Waals surface area contributed by atoms with Crippen LogP contribution in [0.25, 0.3) is 0 Å². The van der Waals surface area contributed by atoms with Gasteiger partial charge in [-0.25, -0.2) is 4.79 Å². The van der Waals surface area contributed by atoms with E-state index < -0.39 is 23.5 Å². The lowest BCUT2D eigenvalue weighted by molar-refractivity contribution is -0.159. The Balaban J connectivity index is 2.75. The van der Waals surface area contributed by atoms with Gasteiger partial charge in [0.1, 0.15) is 11.6 Å². The Kier molecular flexibility index (Phi) is 8.62. The number of aliphatic hydroxyl groups excluding tert-OH is 1. The van der Waals surface area contributed by atoms with Gasteiger partial charge < -0.3 is 15.2 Å². The summed E-state index contributed by atoms with van der Waals surface area (Å²) in [6.45, 7) is 7.16. The number of unbranched alkanes of at least 4 members (excludes halogenated alkanes) is 1. The van der Waals surface area contributed by atoms with Crippen LogP contribution in [0, 0.1) is 5.92 Å². The van der Waals surface area contributed by atoms with Crippen molar-refractivity contribution in [3.05, 3.63) is 35.9 Å². The molecule has 5 heteroatoms. The van der Waals surface area contributed by atoms with Crippen LogP contribution >= 0.6 is 0 Å². The van der Waals surface area contributed by atoms with E-state index in [0.717, 1.165) is 18.4 Å². The quantitative estimate of drug-likeness (QED) is 0.672. The molecule has 1 amide bonds. The topological polar surface area (TPSA) is 75.6 Å². The predicted molar refractivity (Wildman–Crippen MR) is 98.0 cm³/mol. The first kappa shape index (κ1) is 21.2. The van der Waals surface area contributed by atoms with Crippen LogP contribution in [-0.2, 0) is 20.7 Å². The molecule has 1 aromatic rings. The van der Waals surface area contributed by atoms with Crippen molar-refractivity contribution < 1.29 is 19.4 Å². The fourth-order valence-electron chi connectivity index (χ4n) is 2.46. The van der Waals surface area contributed by atoms with E-state index in [9.17, 15) is 14.7 Å². The number of hydrogen-bond acceptors (Lipinski definition) is 4. The lowest BCUT2D eigenvalue weighted by atomic mass is 9.98. The second-order valence-corrected chi connectivity index (χ2v) is 7.31. The maximum absolute atomic E-state index is 12.5. The van der Waals surface area contributed by atoms with Crippen LogP contribution in [-0.4, -0.2) is 35.2 Å². The van der Waals surface area contributed by atoms with E-state index in [-0.39, 0.29) is 12.5 Å². The van der Waals surface area contributed by atoms with E-state index in [4.69, 9.17) is 4.74 Å². The Morgan fingerprint density at radius 3 is 2.36 bits per heavy atom. The van der Waals surface area contributed by atoms with Crippen molar-refractivity contribution in [2.24, 2.45) is 5.92 Å². The van der Waals surface area contributed by atoms with Gasteiger partial charge in [-0.15, -0.1) is 0 Å². The van der Waals surface area contributed by atoms with Crippen molar-refractivity contribution in [3.63, 3.8) is 0 Å². The van der Waals surface area contributed by atoms with E-state index in [2.05, 4.69) is 5.32 Å². The third kappa shape index (κ3) is 8.16. The number of carbonyl (C=O) groups excluding carboxylic acids is 2. The second kappa shape index (κ2) is 10.2. The SMILES string of the molecule is CCCC[C@H](NC(=O)C(CO)Cc1ccccc1)C(=O)OC(C)(C)C. The van der Waals surface area contributed by atoms with Crippen LogP contribution in [0.4, 0.5) is 0 Å². The lowest BCUT2D eigenvalue weighted by Crippen LogP contribution is -2.47. The molecule has 0 saturated carbocycles. The summed E-state index contributed by atoms with van der Waals surface area (Å²) in [5, 5.41) is 12.4. The summed E-state index contributed by atoms with van der Waals surface area (Å²) in [6, 6.07) is 8.84. The second-order valence-electron chi connectivity index (χ2n) is 7.31. The smallest absolute Gasteiger partial charge is 0.329 e. The molecule has 0 spiro atoms. The summed E-state index contributed by atoms with van der Waals surface area (Å²) in [5.41, 5.74) is 0.367. The van der Waals surface area contributed by atoms with Gasteiger partial charge >= 0.3 is 5.97 Å². The van der Waals surface area contributed by atoms with Crippen LogP contribution in [0.1, 0.15) is 52.5 Å². The molecule has 25 heavy (non-hydrogen) atoms. The summed E-state index contributed by atoms with van der Waals surface area (Å²) in [5.74, 6) is -1.34. The third-order valence-corrected chi connectivity index (χ3v) is 3.77. The van der Waals surface area contributed by atoms with Crippen molar-refractivity contribution in [2.75, 3.05) is 6.61 Å². The number of aliphatic hydroxyl groups is 1. The molecule has 0 aliphatic carbocycles. The normalized spacial score (nSPS) is 13.8. The molecule has 0 aromatic heterocycles. The highest BCUT2D eigenvalue weighted by atomic mass is 16.6. The molecular weight excluding hydrogens is 318 g/mol. The minimum atomic E-state index is -0.684. The molecule has 0 fully saturated rings. The summed E-state index contributed by atoms with van der Waals surface area (Å²) >= 11 is 0. The number of hydrogen-bond donors (Lipinski definition) is 2. The molecule has 1 aromatic carbocycles. The average Bonchev–Trinajstić information content (AvgIpc) is 2.55. The highest BCUT2D eigenvalue weighted by Crippen LogP contribution is 2.13. The number of amides is 1. The lowest BCUT2D eigenvalue weighted by Gasteiger charge is -2.25. The molecule has 140 valence electrons. The molecule has 5 nitrogen and oxygen atoms in total. The highest BCUT2D eigenvalue weighted by molar-refractivity contribution is 5.86. The first-order valence-corrected chi connectivity index (χ1v) is 8.94. The monoisotopic (exact) mass is 349 g/mol. The zero-order valence-corrected chi connectivity index (χ0v) is 15.7. The molecule has 2 atom stereocenters. The fourth-order valence-corrected chi connectivity index (χ4v) is 2.46. The number of rotatable bonds is 9. The molecule has 0 saturated heterocycles. The Bertz CT molecular complexity index is 536. The molecule has 0 radical (unpaired) electrons. The van der Waals surface area contributed by atoms with Crippen LogP contribution in [0.5, 0.6) is 0 Å². The molecule has 2 N–H and O–H groups in total. The van der Waals surface area contributed by atoms with Gasteiger partial charge in [0.05, 0.1) is 12.5 Å². The standard InChI is InChI=1S/C20H31NO4/c1-5-6-12-17(19(24)25-20(2,3)4)21-18(23)16(14-22)13-15-10-8-7-9-11-15/h7-11,16-17,22H,5-6,12-14H2,1-4H3,(H,21,23)/t16?,17-/m0/s1. The molecule has 1 unspecified atom stereocenters. The first-order valence-electron chi connectivity index (χ1n) is 8.94. The number of benzene rings is 1. The van der Waals surface area contributed by atoms with Crippen molar-refractivity contribution in [2.45, 2.75) is 65.0 Å². The van der Waals surface area contributed by atoms with E-state index >= 15 is 0 Å². The van der Waals surface area contributed by atoms with Crippen LogP contribution in [0.15, 0.2) is 30.3 Å². The third-order valence-electron chi connectivity index (χ3n) is 3.77. The maximum atomic E-state index is 12.5. The van der Waals surface area contributed by atoms with Crippen LogP contribution in [0.2, 0.25) is 0 Å². The van der Waals surface area contributed by atoms with E-state index in [1.54, 1.807) is 20.8 Å². The predicted octanol–water partition coefficient (Wildman–Crippen LogP) is 2.85. The number of nitrogens with one attached hydrogen (secondary N) is 1. The van der Waals surface area contributed by atoms with Crippen molar-refractivity contribution in [1.29, 1.82) is 0 Å². The number of esters is 1. The van der Waals surface area contributed by atoms with Gasteiger partial charge in [0, 0.05) is 0 Å². The van der Waals surface area contributed by atoms with Gasteiger partial charge in [0.25, 0.3) is 0 Å². The van der Waals surface area contributed by atoms with Gasteiger partial charge in [0.2, 0.25) is 5.91 Å².